The molecule has 0 aliphatic carbocycles. The average molecular weight is 133 g/mol. The lowest BCUT2D eigenvalue weighted by Gasteiger charge is -1.94. The van der Waals surface area contributed by atoms with Crippen LogP contribution in [0.3, 0.4) is 0 Å². The molecule has 1 aliphatic rings. The summed E-state index contributed by atoms with van der Waals surface area (Å²) in [4.78, 5) is 3.33. The average Bonchev–Trinajstić information content (AvgIpc) is 2.33. The van der Waals surface area contributed by atoms with Crippen LogP contribution in [-0.2, 0) is 6.04 Å². The highest BCUT2D eigenvalue weighted by Crippen LogP contribution is 2.18. The van der Waals surface area contributed by atoms with Gasteiger partial charge in [0, 0.05) is 5.69 Å². The smallest absolute Gasteiger partial charge is 0.182 e. The van der Waals surface area contributed by atoms with Crippen molar-refractivity contribution < 1.29 is 0 Å². The molecule has 0 aromatic heterocycles. The van der Waals surface area contributed by atoms with Gasteiger partial charge in [0.1, 0.15) is 0 Å². The Hall–Kier alpha value is -0.763. The van der Waals surface area contributed by atoms with Crippen molar-refractivity contribution in [3.8, 4) is 0 Å². The van der Waals surface area contributed by atoms with Crippen molar-refractivity contribution in [1.82, 2.24) is 0 Å². The minimum absolute atomic E-state index is 0.896. The monoisotopic (exact) mass is 133 g/mol. The lowest BCUT2D eigenvalue weighted by atomic mass is 10.2. The highest BCUT2D eigenvalue weighted by molar-refractivity contribution is 6.42. The summed E-state index contributed by atoms with van der Waals surface area (Å²) in [6.45, 7) is 0. The zero-order valence-electron chi connectivity index (χ0n) is 5.02. The first-order chi connectivity index (χ1) is 4.47. The summed E-state index contributed by atoms with van der Waals surface area (Å²) in [6.07, 6.45) is 0. The minimum Gasteiger partial charge on any atom is -0.411 e. The molecular weight excluding hydrogens is 126 g/mol. The first-order valence-corrected chi connectivity index (χ1v) is 4.24. The molecular formula is C7H7NSi. The summed E-state index contributed by atoms with van der Waals surface area (Å²) in [7, 11) is 0.896. The predicted octanol–water partition coefficient (Wildman–Crippen LogP) is 1.23. The van der Waals surface area contributed by atoms with Crippen molar-refractivity contribution in [2.45, 2.75) is 6.04 Å². The third-order valence-corrected chi connectivity index (χ3v) is 2.52. The quantitative estimate of drug-likeness (QED) is 0.525. The molecule has 44 valence electrons. The molecule has 0 saturated carbocycles. The fourth-order valence-corrected chi connectivity index (χ4v) is 2.05. The summed E-state index contributed by atoms with van der Waals surface area (Å²) < 4.78 is 0. The van der Waals surface area contributed by atoms with E-state index in [1.54, 1.807) is 0 Å². The standard InChI is InChI=1S/C7H7NSi/c1-2-4-7-6(3-1)5-9-8-7/h1-4,8H,5H2. The van der Waals surface area contributed by atoms with E-state index in [9.17, 15) is 0 Å². The highest BCUT2D eigenvalue weighted by Gasteiger charge is 2.07. The molecule has 2 radical (unpaired) electrons. The second kappa shape index (κ2) is 1.88. The Bertz CT molecular complexity index is 199. The van der Waals surface area contributed by atoms with Crippen molar-refractivity contribution >= 4 is 15.4 Å². The molecule has 0 spiro atoms. The summed E-state index contributed by atoms with van der Waals surface area (Å²) >= 11 is 0. The third-order valence-electron chi connectivity index (χ3n) is 1.52. The molecule has 1 aromatic rings. The minimum atomic E-state index is 0.896. The van der Waals surface area contributed by atoms with Gasteiger partial charge in [0.05, 0.1) is 0 Å². The molecule has 1 nitrogen and oxygen atoms in total. The van der Waals surface area contributed by atoms with Gasteiger partial charge in [-0.3, -0.25) is 0 Å². The lowest BCUT2D eigenvalue weighted by molar-refractivity contribution is 1.45. The van der Waals surface area contributed by atoms with E-state index in [1.807, 2.05) is 0 Å². The van der Waals surface area contributed by atoms with Gasteiger partial charge < -0.3 is 4.98 Å². The van der Waals surface area contributed by atoms with E-state index in [1.165, 1.54) is 17.3 Å². The molecule has 0 bridgehead atoms. The maximum atomic E-state index is 3.33. The number of anilines is 1. The molecule has 2 rings (SSSR count). The van der Waals surface area contributed by atoms with Crippen LogP contribution in [0, 0.1) is 0 Å². The lowest BCUT2D eigenvalue weighted by Crippen LogP contribution is -1.96. The SMILES string of the molecule is c1ccc2c(c1)C[Si]N2. The van der Waals surface area contributed by atoms with Crippen LogP contribution in [0.2, 0.25) is 0 Å². The number of nitrogens with one attached hydrogen (secondary N) is 1. The van der Waals surface area contributed by atoms with Gasteiger partial charge in [0.15, 0.2) is 9.68 Å². The van der Waals surface area contributed by atoms with Crippen molar-refractivity contribution in [3.05, 3.63) is 29.8 Å². The second-order valence-electron chi connectivity index (χ2n) is 2.14. The molecule has 0 unspecified atom stereocenters. The van der Waals surface area contributed by atoms with E-state index < -0.39 is 0 Å². The normalized spacial score (nSPS) is 14.7. The highest BCUT2D eigenvalue weighted by atomic mass is 28.2. The zero-order chi connectivity index (χ0) is 6.10. The fourth-order valence-electron chi connectivity index (χ4n) is 1.03. The number of fused-ring (bicyclic) bond motifs is 1. The third kappa shape index (κ3) is 0.753. The van der Waals surface area contributed by atoms with Gasteiger partial charge in [-0.15, -0.1) is 0 Å². The Morgan fingerprint density at radius 3 is 3.11 bits per heavy atom. The van der Waals surface area contributed by atoms with E-state index in [4.69, 9.17) is 0 Å². The molecule has 1 aliphatic heterocycles. The van der Waals surface area contributed by atoms with Crippen LogP contribution in [0.5, 0.6) is 0 Å². The van der Waals surface area contributed by atoms with Gasteiger partial charge >= 0.3 is 0 Å². The molecule has 0 amide bonds. The van der Waals surface area contributed by atoms with Gasteiger partial charge in [-0.2, -0.15) is 0 Å². The van der Waals surface area contributed by atoms with Crippen molar-refractivity contribution in [3.63, 3.8) is 0 Å². The molecule has 9 heavy (non-hydrogen) atoms. The van der Waals surface area contributed by atoms with E-state index in [0.29, 0.717) is 0 Å². The van der Waals surface area contributed by atoms with Crippen molar-refractivity contribution in [1.29, 1.82) is 0 Å². The second-order valence-corrected chi connectivity index (χ2v) is 3.09. The Kier molecular flexibility index (Phi) is 1.06. The van der Waals surface area contributed by atoms with Gasteiger partial charge in [0.25, 0.3) is 0 Å². The van der Waals surface area contributed by atoms with Gasteiger partial charge in [-0.05, 0) is 17.7 Å². The molecule has 1 heterocycles. The molecule has 0 atom stereocenters. The summed E-state index contributed by atoms with van der Waals surface area (Å²) in [5.41, 5.74) is 2.80. The number of rotatable bonds is 0. The van der Waals surface area contributed by atoms with Gasteiger partial charge in [0.2, 0.25) is 0 Å². The first-order valence-electron chi connectivity index (χ1n) is 3.03. The number of para-hydroxylation sites is 1. The van der Waals surface area contributed by atoms with Gasteiger partial charge in [-0.1, -0.05) is 18.2 Å². The van der Waals surface area contributed by atoms with Crippen LogP contribution in [0.1, 0.15) is 5.56 Å². The maximum Gasteiger partial charge on any atom is 0.182 e. The van der Waals surface area contributed by atoms with Crippen LogP contribution in [0.15, 0.2) is 24.3 Å². The van der Waals surface area contributed by atoms with E-state index >= 15 is 0 Å². The Labute approximate surface area is 57.0 Å². The van der Waals surface area contributed by atoms with E-state index in [-0.39, 0.29) is 0 Å². The van der Waals surface area contributed by atoms with Crippen LogP contribution in [-0.4, -0.2) is 9.68 Å². The Morgan fingerprint density at radius 2 is 2.22 bits per heavy atom. The number of hydrogen-bond acceptors (Lipinski definition) is 1. The largest absolute Gasteiger partial charge is 0.411 e. The van der Waals surface area contributed by atoms with Crippen LogP contribution in [0.4, 0.5) is 5.69 Å². The summed E-state index contributed by atoms with van der Waals surface area (Å²) in [6, 6.07) is 9.70. The molecule has 0 fully saturated rings. The molecule has 1 N–H and O–H groups in total. The summed E-state index contributed by atoms with van der Waals surface area (Å²) in [5, 5.41) is 0. The molecule has 0 saturated heterocycles. The molecule has 2 heteroatoms. The fraction of sp³-hybridized carbons (Fsp3) is 0.143. The van der Waals surface area contributed by atoms with Crippen molar-refractivity contribution in [2.75, 3.05) is 4.98 Å². The van der Waals surface area contributed by atoms with Crippen LogP contribution < -0.4 is 4.98 Å². The molecule has 1 aromatic carbocycles. The summed E-state index contributed by atoms with van der Waals surface area (Å²) in [5.74, 6) is 0. The number of hydrogen-bond donors (Lipinski definition) is 1. The topological polar surface area (TPSA) is 12.0 Å². The van der Waals surface area contributed by atoms with E-state index in [0.717, 1.165) is 9.68 Å². The van der Waals surface area contributed by atoms with E-state index in [2.05, 4.69) is 29.2 Å². The number of benzene rings is 1. The zero-order valence-corrected chi connectivity index (χ0v) is 6.02. The van der Waals surface area contributed by atoms with Crippen molar-refractivity contribution in [2.24, 2.45) is 0 Å². The Morgan fingerprint density at radius 1 is 1.33 bits per heavy atom. The first kappa shape index (κ1) is 5.06. The predicted molar refractivity (Wildman–Crippen MR) is 39.5 cm³/mol. The maximum absolute atomic E-state index is 3.33. The van der Waals surface area contributed by atoms with Gasteiger partial charge in [-0.25, -0.2) is 0 Å². The Balaban J connectivity index is 2.54. The van der Waals surface area contributed by atoms with Crippen LogP contribution >= 0.6 is 0 Å². The van der Waals surface area contributed by atoms with Crippen LogP contribution in [0.25, 0.3) is 0 Å².